The number of carbonyl (C=O) groups excluding carboxylic acids is 1. The molecule has 0 saturated carbocycles. The molecule has 0 saturated heterocycles. The molecule has 0 aliphatic carbocycles. The van der Waals surface area contributed by atoms with E-state index < -0.39 is 0 Å². The van der Waals surface area contributed by atoms with Crippen molar-refractivity contribution >= 4 is 68.5 Å². The van der Waals surface area contributed by atoms with E-state index in [1.54, 1.807) is 23.1 Å². The topological polar surface area (TPSA) is 36.4 Å². The monoisotopic (exact) mass is 509 g/mol. The number of halogens is 1. The molecule has 8 heteroatoms. The van der Waals surface area contributed by atoms with Crippen molar-refractivity contribution in [3.05, 3.63) is 48.5 Å². The number of fused-ring (bicyclic) bond motifs is 1. The lowest BCUT2D eigenvalue weighted by molar-refractivity contribution is -0.118. The van der Waals surface area contributed by atoms with Crippen LogP contribution in [0.1, 0.15) is 26.7 Å². The molecule has 3 aromatic rings. The first-order valence-corrected chi connectivity index (χ1v) is 13.8. The maximum atomic E-state index is 13.2. The predicted molar refractivity (Wildman–Crippen MR) is 145 cm³/mol. The van der Waals surface area contributed by atoms with Gasteiger partial charge in [0.15, 0.2) is 5.13 Å². The van der Waals surface area contributed by atoms with Crippen LogP contribution < -0.4 is 4.90 Å². The van der Waals surface area contributed by atoms with Crippen LogP contribution in [0.4, 0.5) is 5.13 Å². The Kier molecular flexibility index (Phi) is 11.9. The van der Waals surface area contributed by atoms with Crippen LogP contribution >= 0.6 is 47.3 Å². The fourth-order valence-corrected chi connectivity index (χ4v) is 5.75. The van der Waals surface area contributed by atoms with Gasteiger partial charge in [-0.15, -0.1) is 35.9 Å². The maximum Gasteiger partial charge on any atom is 0.228 e. The summed E-state index contributed by atoms with van der Waals surface area (Å²) in [7, 11) is 0. The number of aromatic nitrogens is 1. The highest BCUT2D eigenvalue weighted by atomic mass is 35.5. The van der Waals surface area contributed by atoms with Gasteiger partial charge in [0.1, 0.15) is 0 Å². The Labute approximate surface area is 210 Å². The minimum atomic E-state index is 0. The number of anilines is 1. The summed E-state index contributed by atoms with van der Waals surface area (Å²) in [5.41, 5.74) is 0.970. The van der Waals surface area contributed by atoms with Crippen LogP contribution in [0.3, 0.4) is 0 Å². The van der Waals surface area contributed by atoms with Crippen molar-refractivity contribution in [3.63, 3.8) is 0 Å². The molecule has 1 amide bonds. The zero-order valence-electron chi connectivity index (χ0n) is 19.0. The van der Waals surface area contributed by atoms with Gasteiger partial charge in [0.2, 0.25) is 5.91 Å². The average molecular weight is 510 g/mol. The van der Waals surface area contributed by atoms with Gasteiger partial charge >= 0.3 is 0 Å². The molecule has 0 fully saturated rings. The standard InChI is InChI=1S/C24H31N3OS3.ClH/c1-4-26(5-2)15-16-27(23(28)12-9-17-30-19-10-7-6-8-11-19)24-25-21-14-13-20(29-3)18-22(21)31-24;/h6-8,10-11,13-14,18H,4-5,9,12,15-17H2,1-3H3;1H. The van der Waals surface area contributed by atoms with Crippen molar-refractivity contribution in [2.24, 2.45) is 0 Å². The van der Waals surface area contributed by atoms with Gasteiger partial charge in [0.25, 0.3) is 0 Å². The number of amides is 1. The Hall–Kier alpha value is -1.25. The van der Waals surface area contributed by atoms with Gasteiger partial charge in [0, 0.05) is 29.3 Å². The summed E-state index contributed by atoms with van der Waals surface area (Å²) >= 11 is 5.16. The largest absolute Gasteiger partial charge is 0.302 e. The van der Waals surface area contributed by atoms with Crippen LogP contribution in [-0.4, -0.2) is 54.0 Å². The zero-order valence-corrected chi connectivity index (χ0v) is 22.2. The second-order valence-corrected chi connectivity index (χ2v) is 10.2. The minimum Gasteiger partial charge on any atom is -0.302 e. The van der Waals surface area contributed by atoms with Crippen molar-refractivity contribution in [1.82, 2.24) is 9.88 Å². The number of carbonyl (C=O) groups is 1. The number of benzene rings is 2. The maximum absolute atomic E-state index is 13.2. The number of nitrogens with zero attached hydrogens (tertiary/aromatic N) is 3. The Bertz CT molecular complexity index is 964. The van der Waals surface area contributed by atoms with Gasteiger partial charge in [-0.2, -0.15) is 0 Å². The Morgan fingerprint density at radius 3 is 2.47 bits per heavy atom. The Morgan fingerprint density at radius 2 is 1.78 bits per heavy atom. The molecule has 0 spiro atoms. The molecule has 3 rings (SSSR count). The van der Waals surface area contributed by atoms with Gasteiger partial charge in [-0.05, 0) is 61.9 Å². The molecule has 4 nitrogen and oxygen atoms in total. The van der Waals surface area contributed by atoms with Crippen LogP contribution in [0.5, 0.6) is 0 Å². The minimum absolute atomic E-state index is 0. The van der Waals surface area contributed by atoms with E-state index in [0.29, 0.717) is 13.0 Å². The summed E-state index contributed by atoms with van der Waals surface area (Å²) in [5, 5.41) is 0.820. The third-order valence-corrected chi connectivity index (χ3v) is 8.06. The number of thiazole rings is 1. The van der Waals surface area contributed by atoms with Gasteiger partial charge in [-0.25, -0.2) is 4.98 Å². The fraction of sp³-hybridized carbons (Fsp3) is 0.417. The van der Waals surface area contributed by atoms with E-state index in [1.165, 1.54) is 9.79 Å². The Morgan fingerprint density at radius 1 is 1.03 bits per heavy atom. The van der Waals surface area contributed by atoms with Gasteiger partial charge in [-0.1, -0.05) is 43.4 Å². The summed E-state index contributed by atoms with van der Waals surface area (Å²) in [6, 6.07) is 16.7. The smallest absolute Gasteiger partial charge is 0.228 e. The van der Waals surface area contributed by atoms with E-state index in [4.69, 9.17) is 4.98 Å². The molecule has 0 atom stereocenters. The first kappa shape index (κ1) is 27.0. The highest BCUT2D eigenvalue weighted by molar-refractivity contribution is 7.99. The quantitative estimate of drug-likeness (QED) is 0.201. The molecule has 0 N–H and O–H groups in total. The lowest BCUT2D eigenvalue weighted by Gasteiger charge is -2.24. The molecule has 0 bridgehead atoms. The lowest BCUT2D eigenvalue weighted by atomic mass is 10.3. The number of rotatable bonds is 12. The first-order chi connectivity index (χ1) is 15.1. The third-order valence-electron chi connectivity index (χ3n) is 5.20. The van der Waals surface area contributed by atoms with Crippen molar-refractivity contribution in [2.75, 3.05) is 43.1 Å². The van der Waals surface area contributed by atoms with Gasteiger partial charge in [-0.3, -0.25) is 9.69 Å². The van der Waals surface area contributed by atoms with E-state index in [9.17, 15) is 4.79 Å². The molecule has 0 aliphatic heterocycles. The molecular weight excluding hydrogens is 478 g/mol. The second kappa shape index (κ2) is 14.1. The average Bonchev–Trinajstić information content (AvgIpc) is 3.23. The van der Waals surface area contributed by atoms with Crippen LogP contribution in [0.15, 0.2) is 58.3 Å². The number of likely N-dealkylation sites (N-methyl/N-ethyl adjacent to an activating group) is 1. The van der Waals surface area contributed by atoms with Crippen molar-refractivity contribution < 1.29 is 4.79 Å². The normalized spacial score (nSPS) is 11.0. The summed E-state index contributed by atoms with van der Waals surface area (Å²) in [6.45, 7) is 7.85. The first-order valence-electron chi connectivity index (χ1n) is 10.8. The number of thioether (sulfide) groups is 2. The van der Waals surface area contributed by atoms with E-state index in [2.05, 4.69) is 67.5 Å². The fourth-order valence-electron chi connectivity index (χ4n) is 3.31. The van der Waals surface area contributed by atoms with Crippen LogP contribution in [0.2, 0.25) is 0 Å². The molecule has 1 heterocycles. The molecule has 2 aromatic carbocycles. The number of hydrogen-bond acceptors (Lipinski definition) is 6. The summed E-state index contributed by atoms with van der Waals surface area (Å²) in [4.78, 5) is 24.8. The zero-order chi connectivity index (χ0) is 22.1. The molecule has 174 valence electrons. The van der Waals surface area contributed by atoms with Crippen LogP contribution in [0.25, 0.3) is 10.2 Å². The van der Waals surface area contributed by atoms with Gasteiger partial charge in [0.05, 0.1) is 10.2 Å². The summed E-state index contributed by atoms with van der Waals surface area (Å²) < 4.78 is 1.14. The van der Waals surface area contributed by atoms with E-state index in [1.807, 2.05) is 22.7 Å². The highest BCUT2D eigenvalue weighted by Gasteiger charge is 2.20. The summed E-state index contributed by atoms with van der Waals surface area (Å²) in [5.74, 6) is 1.11. The Balaban J connectivity index is 0.00000363. The van der Waals surface area contributed by atoms with E-state index >= 15 is 0 Å². The van der Waals surface area contributed by atoms with Gasteiger partial charge < -0.3 is 4.90 Å². The molecule has 0 aliphatic rings. The lowest BCUT2D eigenvalue weighted by Crippen LogP contribution is -2.38. The highest BCUT2D eigenvalue weighted by Crippen LogP contribution is 2.32. The summed E-state index contributed by atoms with van der Waals surface area (Å²) in [6.07, 6.45) is 3.49. The predicted octanol–water partition coefficient (Wildman–Crippen LogP) is 6.69. The van der Waals surface area contributed by atoms with Crippen molar-refractivity contribution in [2.45, 2.75) is 36.5 Å². The SMILES string of the molecule is CCN(CC)CCN(C(=O)CCCSc1ccccc1)c1nc2ccc(SC)cc2s1.Cl. The van der Waals surface area contributed by atoms with Crippen molar-refractivity contribution in [1.29, 1.82) is 0 Å². The van der Waals surface area contributed by atoms with E-state index in [0.717, 1.165) is 47.2 Å². The molecule has 0 unspecified atom stereocenters. The van der Waals surface area contributed by atoms with Crippen molar-refractivity contribution in [3.8, 4) is 0 Å². The third kappa shape index (κ3) is 7.66. The van der Waals surface area contributed by atoms with Crippen LogP contribution in [0, 0.1) is 0 Å². The molecule has 1 aromatic heterocycles. The van der Waals surface area contributed by atoms with E-state index in [-0.39, 0.29) is 18.3 Å². The van der Waals surface area contributed by atoms with Crippen LogP contribution in [-0.2, 0) is 4.79 Å². The number of hydrogen-bond donors (Lipinski definition) is 0. The molecule has 0 radical (unpaired) electrons. The second-order valence-electron chi connectivity index (χ2n) is 7.17. The molecule has 32 heavy (non-hydrogen) atoms. The molecular formula is C24H32ClN3OS3.